The quantitative estimate of drug-likeness (QED) is 0.367. The van der Waals surface area contributed by atoms with E-state index in [1.54, 1.807) is 48.5 Å². The standard InChI is InChI=1S/C24H27NO6/c1-15(2)30-21-12-6-18(14-22(21)29-5)7-13-23(27)31-17(4)24(28)25-20-10-8-19(9-11-20)16(3)26/h6-15,17H,1-5H3,(H,25,28)/b13-7+/t17-/m0/s1. The zero-order chi connectivity index (χ0) is 23.0. The largest absolute Gasteiger partial charge is 0.493 e. The van der Waals surface area contributed by atoms with E-state index in [0.717, 1.165) is 0 Å². The van der Waals surface area contributed by atoms with Gasteiger partial charge in [-0.25, -0.2) is 4.79 Å². The van der Waals surface area contributed by atoms with Gasteiger partial charge in [0.15, 0.2) is 23.4 Å². The van der Waals surface area contributed by atoms with Crippen molar-refractivity contribution in [2.24, 2.45) is 0 Å². The fraction of sp³-hybridized carbons (Fsp3) is 0.292. The summed E-state index contributed by atoms with van der Waals surface area (Å²) in [6.07, 6.45) is 1.81. The smallest absolute Gasteiger partial charge is 0.331 e. The molecule has 0 aliphatic carbocycles. The highest BCUT2D eigenvalue weighted by molar-refractivity contribution is 5.98. The number of rotatable bonds is 9. The van der Waals surface area contributed by atoms with Crippen molar-refractivity contribution in [2.45, 2.75) is 39.9 Å². The van der Waals surface area contributed by atoms with E-state index in [2.05, 4.69) is 5.32 Å². The second-order valence-corrected chi connectivity index (χ2v) is 7.11. The first-order chi connectivity index (χ1) is 14.7. The minimum atomic E-state index is -0.999. The summed E-state index contributed by atoms with van der Waals surface area (Å²) in [5.41, 5.74) is 1.76. The van der Waals surface area contributed by atoms with Crippen molar-refractivity contribution >= 4 is 29.4 Å². The van der Waals surface area contributed by atoms with Gasteiger partial charge in [-0.2, -0.15) is 0 Å². The van der Waals surface area contributed by atoms with Gasteiger partial charge in [0.05, 0.1) is 13.2 Å². The Kier molecular flexibility index (Phi) is 8.37. The first-order valence-corrected chi connectivity index (χ1v) is 9.85. The molecule has 7 heteroatoms. The van der Waals surface area contributed by atoms with Crippen molar-refractivity contribution in [2.75, 3.05) is 12.4 Å². The third-order valence-electron chi connectivity index (χ3n) is 4.18. The lowest BCUT2D eigenvalue weighted by Crippen LogP contribution is -2.29. The van der Waals surface area contributed by atoms with E-state index in [0.29, 0.717) is 28.3 Å². The van der Waals surface area contributed by atoms with Crippen LogP contribution >= 0.6 is 0 Å². The van der Waals surface area contributed by atoms with Crippen LogP contribution in [0.4, 0.5) is 5.69 Å². The lowest BCUT2D eigenvalue weighted by molar-refractivity contribution is -0.148. The highest BCUT2D eigenvalue weighted by Gasteiger charge is 2.17. The molecular formula is C24H27NO6. The predicted octanol–water partition coefficient (Wildman–Crippen LogP) is 4.27. The van der Waals surface area contributed by atoms with Crippen molar-refractivity contribution < 1.29 is 28.6 Å². The maximum atomic E-state index is 12.2. The average Bonchev–Trinajstić information content (AvgIpc) is 2.72. The molecule has 0 aliphatic heterocycles. The number of hydrogen-bond donors (Lipinski definition) is 1. The Balaban J connectivity index is 1.94. The number of carbonyl (C=O) groups is 3. The Labute approximate surface area is 182 Å². The highest BCUT2D eigenvalue weighted by atomic mass is 16.5. The number of Topliss-reactive ketones (excluding diaryl/α,β-unsaturated/α-hetero) is 1. The summed E-state index contributed by atoms with van der Waals surface area (Å²) >= 11 is 0. The Morgan fingerprint density at radius 2 is 1.65 bits per heavy atom. The lowest BCUT2D eigenvalue weighted by Gasteiger charge is -2.14. The maximum absolute atomic E-state index is 12.2. The van der Waals surface area contributed by atoms with Gasteiger partial charge in [0.2, 0.25) is 0 Å². The molecule has 0 heterocycles. The van der Waals surface area contributed by atoms with Gasteiger partial charge in [-0.3, -0.25) is 9.59 Å². The third-order valence-corrected chi connectivity index (χ3v) is 4.18. The van der Waals surface area contributed by atoms with E-state index in [-0.39, 0.29) is 11.9 Å². The van der Waals surface area contributed by atoms with E-state index in [1.165, 1.54) is 27.0 Å². The summed E-state index contributed by atoms with van der Waals surface area (Å²) in [6, 6.07) is 11.7. The molecule has 2 rings (SSSR count). The van der Waals surface area contributed by atoms with Gasteiger partial charge in [-0.1, -0.05) is 6.07 Å². The molecule has 164 valence electrons. The number of ketones is 1. The minimum Gasteiger partial charge on any atom is -0.493 e. The van der Waals surface area contributed by atoms with Crippen molar-refractivity contribution in [1.82, 2.24) is 0 Å². The van der Waals surface area contributed by atoms with E-state index in [9.17, 15) is 14.4 Å². The van der Waals surface area contributed by atoms with Crippen LogP contribution in [0.25, 0.3) is 6.08 Å². The molecule has 0 radical (unpaired) electrons. The van der Waals surface area contributed by atoms with E-state index in [1.807, 2.05) is 13.8 Å². The molecule has 31 heavy (non-hydrogen) atoms. The topological polar surface area (TPSA) is 90.9 Å². The molecule has 0 bridgehead atoms. The van der Waals surface area contributed by atoms with Crippen LogP contribution in [-0.4, -0.2) is 37.0 Å². The minimum absolute atomic E-state index is 0.00461. The van der Waals surface area contributed by atoms with Crippen LogP contribution in [-0.2, 0) is 14.3 Å². The normalized spacial score (nSPS) is 11.8. The summed E-state index contributed by atoms with van der Waals surface area (Å²) in [5.74, 6) is -0.0384. The maximum Gasteiger partial charge on any atom is 0.331 e. The Morgan fingerprint density at radius 3 is 2.23 bits per heavy atom. The molecule has 1 amide bonds. The Hall–Kier alpha value is -3.61. The zero-order valence-electron chi connectivity index (χ0n) is 18.3. The predicted molar refractivity (Wildman–Crippen MR) is 118 cm³/mol. The van der Waals surface area contributed by atoms with Gasteiger partial charge in [0, 0.05) is 17.3 Å². The number of esters is 1. The molecule has 1 N–H and O–H groups in total. The first kappa shape index (κ1) is 23.7. The van der Waals surface area contributed by atoms with Crippen LogP contribution in [0, 0.1) is 0 Å². The SMILES string of the molecule is COc1cc(/C=C/C(=O)O[C@@H](C)C(=O)Nc2ccc(C(C)=O)cc2)ccc1OC(C)C. The van der Waals surface area contributed by atoms with Crippen molar-refractivity contribution in [3.63, 3.8) is 0 Å². The van der Waals surface area contributed by atoms with Crippen molar-refractivity contribution in [1.29, 1.82) is 0 Å². The van der Waals surface area contributed by atoms with Crippen LogP contribution in [0.2, 0.25) is 0 Å². The van der Waals surface area contributed by atoms with E-state index in [4.69, 9.17) is 14.2 Å². The van der Waals surface area contributed by atoms with Crippen LogP contribution in [0.15, 0.2) is 48.5 Å². The summed E-state index contributed by atoms with van der Waals surface area (Å²) in [6.45, 7) is 6.78. The van der Waals surface area contributed by atoms with Crippen LogP contribution in [0.3, 0.4) is 0 Å². The number of carbonyl (C=O) groups excluding carboxylic acids is 3. The Bertz CT molecular complexity index is 963. The van der Waals surface area contributed by atoms with Crippen molar-refractivity contribution in [3.8, 4) is 11.5 Å². The molecule has 0 aromatic heterocycles. The molecule has 0 fully saturated rings. The van der Waals surface area contributed by atoms with Gasteiger partial charge >= 0.3 is 5.97 Å². The fourth-order valence-corrected chi connectivity index (χ4v) is 2.60. The Morgan fingerprint density at radius 1 is 0.968 bits per heavy atom. The summed E-state index contributed by atoms with van der Waals surface area (Å²) < 4.78 is 16.1. The molecule has 1 atom stereocenters. The zero-order valence-corrected chi connectivity index (χ0v) is 18.3. The second kappa shape index (κ2) is 11.0. The van der Waals surface area contributed by atoms with E-state index >= 15 is 0 Å². The number of amides is 1. The van der Waals surface area contributed by atoms with E-state index < -0.39 is 18.0 Å². The monoisotopic (exact) mass is 425 g/mol. The van der Waals surface area contributed by atoms with Crippen LogP contribution < -0.4 is 14.8 Å². The summed E-state index contributed by atoms with van der Waals surface area (Å²) in [4.78, 5) is 35.6. The number of benzene rings is 2. The molecule has 7 nitrogen and oxygen atoms in total. The summed E-state index contributed by atoms with van der Waals surface area (Å²) in [5, 5.41) is 2.64. The number of ether oxygens (including phenoxy) is 3. The van der Waals surface area contributed by atoms with Gasteiger partial charge in [-0.05, 0) is 75.7 Å². The van der Waals surface area contributed by atoms with Gasteiger partial charge in [0.1, 0.15) is 0 Å². The van der Waals surface area contributed by atoms with Gasteiger partial charge in [-0.15, -0.1) is 0 Å². The average molecular weight is 425 g/mol. The van der Waals surface area contributed by atoms with Crippen molar-refractivity contribution in [3.05, 3.63) is 59.7 Å². The number of nitrogens with one attached hydrogen (secondary N) is 1. The molecule has 0 saturated carbocycles. The molecular weight excluding hydrogens is 398 g/mol. The highest BCUT2D eigenvalue weighted by Crippen LogP contribution is 2.29. The number of hydrogen-bond acceptors (Lipinski definition) is 6. The number of anilines is 1. The molecule has 0 aliphatic rings. The van der Waals surface area contributed by atoms with Gasteiger partial charge < -0.3 is 19.5 Å². The number of methoxy groups -OCH3 is 1. The van der Waals surface area contributed by atoms with Crippen LogP contribution in [0.5, 0.6) is 11.5 Å². The molecule has 2 aromatic rings. The first-order valence-electron chi connectivity index (χ1n) is 9.85. The molecule has 0 unspecified atom stereocenters. The molecule has 0 saturated heterocycles. The van der Waals surface area contributed by atoms with Gasteiger partial charge in [0.25, 0.3) is 5.91 Å². The molecule has 0 spiro atoms. The third kappa shape index (κ3) is 7.29. The summed E-state index contributed by atoms with van der Waals surface area (Å²) in [7, 11) is 1.54. The lowest BCUT2D eigenvalue weighted by atomic mass is 10.1. The van der Waals surface area contributed by atoms with Crippen LogP contribution in [0.1, 0.15) is 43.6 Å². The fourth-order valence-electron chi connectivity index (χ4n) is 2.60. The second-order valence-electron chi connectivity index (χ2n) is 7.11. The molecule has 2 aromatic carbocycles.